The number of carboxylic acid groups (broad SMARTS) is 1. The number of aliphatic carboxylic acids is 1. The minimum absolute atomic E-state index is 0.0696. The van der Waals surface area contributed by atoms with Crippen LogP contribution in [0.1, 0.15) is 35.7 Å². The van der Waals surface area contributed by atoms with Crippen LogP contribution < -0.4 is 5.73 Å². The summed E-state index contributed by atoms with van der Waals surface area (Å²) in [5.74, 6) is -1.20. The van der Waals surface area contributed by atoms with Crippen LogP contribution in [0.15, 0.2) is 18.2 Å². The summed E-state index contributed by atoms with van der Waals surface area (Å²) < 4.78 is 0. The van der Waals surface area contributed by atoms with Gasteiger partial charge in [-0.25, -0.2) is 0 Å². The number of nitrogen functional groups attached to an aromatic ring is 1. The molecule has 1 aliphatic rings. The second kappa shape index (κ2) is 5.53. The topological polar surface area (TPSA) is 83.6 Å². The maximum Gasteiger partial charge on any atom is 0.306 e. The summed E-state index contributed by atoms with van der Waals surface area (Å²) in [6.45, 7) is 4.26. The third-order valence-electron chi connectivity index (χ3n) is 4.01. The zero-order valence-electron chi connectivity index (χ0n) is 11.8. The first-order valence-electron chi connectivity index (χ1n) is 6.80. The van der Waals surface area contributed by atoms with E-state index in [0.717, 1.165) is 5.56 Å². The number of benzene rings is 1. The number of carboxylic acids is 1. The zero-order valence-corrected chi connectivity index (χ0v) is 11.8. The fourth-order valence-corrected chi connectivity index (χ4v) is 2.64. The van der Waals surface area contributed by atoms with Crippen molar-refractivity contribution in [2.45, 2.75) is 32.7 Å². The highest BCUT2D eigenvalue weighted by Crippen LogP contribution is 2.25. The van der Waals surface area contributed by atoms with Gasteiger partial charge in [0.15, 0.2) is 0 Å². The van der Waals surface area contributed by atoms with Crippen molar-refractivity contribution in [3.8, 4) is 0 Å². The van der Waals surface area contributed by atoms with Crippen LogP contribution in [0.4, 0.5) is 5.69 Å². The van der Waals surface area contributed by atoms with Crippen LogP contribution in [0.2, 0.25) is 0 Å². The van der Waals surface area contributed by atoms with E-state index < -0.39 is 5.97 Å². The van der Waals surface area contributed by atoms with Crippen molar-refractivity contribution in [2.24, 2.45) is 5.92 Å². The molecule has 20 heavy (non-hydrogen) atoms. The second-order valence-corrected chi connectivity index (χ2v) is 5.48. The van der Waals surface area contributed by atoms with E-state index in [9.17, 15) is 9.59 Å². The molecule has 5 heteroatoms. The highest BCUT2D eigenvalue weighted by atomic mass is 16.4. The van der Waals surface area contributed by atoms with Gasteiger partial charge in [0.05, 0.1) is 5.92 Å². The number of carbonyl (C=O) groups excluding carboxylic acids is 1. The maximum absolute atomic E-state index is 12.5. The summed E-state index contributed by atoms with van der Waals surface area (Å²) in [5, 5.41) is 9.04. The average molecular weight is 276 g/mol. The van der Waals surface area contributed by atoms with Crippen molar-refractivity contribution in [1.82, 2.24) is 4.90 Å². The molecule has 0 aromatic heterocycles. The number of piperidine rings is 1. The molecule has 0 radical (unpaired) electrons. The number of anilines is 1. The molecule has 2 rings (SSSR count). The molecule has 3 N–H and O–H groups in total. The van der Waals surface area contributed by atoms with E-state index in [1.807, 2.05) is 19.9 Å². The second-order valence-electron chi connectivity index (χ2n) is 5.48. The van der Waals surface area contributed by atoms with Crippen molar-refractivity contribution in [3.05, 3.63) is 29.3 Å². The smallest absolute Gasteiger partial charge is 0.306 e. The van der Waals surface area contributed by atoms with Crippen LogP contribution >= 0.6 is 0 Å². The molecule has 5 nitrogen and oxygen atoms in total. The first-order chi connectivity index (χ1) is 9.40. The highest BCUT2D eigenvalue weighted by molar-refractivity contribution is 5.95. The predicted molar refractivity (Wildman–Crippen MR) is 76.4 cm³/mol. The molecule has 1 aromatic carbocycles. The Morgan fingerprint density at radius 3 is 2.65 bits per heavy atom. The molecular formula is C15H20N2O3. The Bertz CT molecular complexity index is 542. The Hall–Kier alpha value is -2.04. The van der Waals surface area contributed by atoms with Crippen molar-refractivity contribution >= 4 is 17.6 Å². The molecular weight excluding hydrogens is 256 g/mol. The molecule has 0 aliphatic carbocycles. The van der Waals surface area contributed by atoms with Gasteiger partial charge in [-0.3, -0.25) is 9.59 Å². The number of hydrogen-bond donors (Lipinski definition) is 2. The lowest BCUT2D eigenvalue weighted by atomic mass is 9.91. The third kappa shape index (κ3) is 2.76. The Balaban J connectivity index is 2.13. The first kappa shape index (κ1) is 14.4. The highest BCUT2D eigenvalue weighted by Gasteiger charge is 2.32. The number of aryl methyl sites for hydroxylation is 1. The van der Waals surface area contributed by atoms with Gasteiger partial charge >= 0.3 is 5.97 Å². The summed E-state index contributed by atoms with van der Waals surface area (Å²) in [5.41, 5.74) is 7.94. The SMILES string of the molecule is Cc1ccc(C(=O)N2CCC(C(=O)O)CC2C)cc1N. The standard InChI is InChI=1S/C15H20N2O3/c1-9-3-4-11(8-13(9)16)14(18)17-6-5-12(15(19)20)7-10(17)2/h3-4,8,10,12H,5-7,16H2,1-2H3,(H,19,20). The molecule has 1 amide bonds. The number of nitrogens with zero attached hydrogens (tertiary/aromatic N) is 1. The number of carbonyl (C=O) groups is 2. The van der Waals surface area contributed by atoms with Gasteiger partial charge in [-0.1, -0.05) is 6.07 Å². The van der Waals surface area contributed by atoms with E-state index in [1.54, 1.807) is 17.0 Å². The van der Waals surface area contributed by atoms with Crippen LogP contribution in [0.25, 0.3) is 0 Å². The predicted octanol–water partition coefficient (Wildman–Crippen LogP) is 1.90. The molecule has 108 valence electrons. The number of hydrogen-bond acceptors (Lipinski definition) is 3. The molecule has 1 saturated heterocycles. The molecule has 1 fully saturated rings. The van der Waals surface area contributed by atoms with Gasteiger partial charge in [-0.05, 0) is 44.4 Å². The van der Waals surface area contributed by atoms with Gasteiger partial charge in [0.1, 0.15) is 0 Å². The van der Waals surface area contributed by atoms with E-state index >= 15 is 0 Å². The minimum atomic E-state index is -0.775. The molecule has 1 aliphatic heterocycles. The van der Waals surface area contributed by atoms with E-state index in [4.69, 9.17) is 10.8 Å². The van der Waals surface area contributed by atoms with Crippen molar-refractivity contribution < 1.29 is 14.7 Å². The lowest BCUT2D eigenvalue weighted by Crippen LogP contribution is -2.46. The van der Waals surface area contributed by atoms with E-state index in [-0.39, 0.29) is 17.9 Å². The summed E-state index contributed by atoms with van der Waals surface area (Å²) in [6, 6.07) is 5.22. The van der Waals surface area contributed by atoms with Gasteiger partial charge in [-0.2, -0.15) is 0 Å². The van der Waals surface area contributed by atoms with E-state index in [2.05, 4.69) is 0 Å². The van der Waals surface area contributed by atoms with Crippen LogP contribution in [0.3, 0.4) is 0 Å². The largest absolute Gasteiger partial charge is 0.481 e. The third-order valence-corrected chi connectivity index (χ3v) is 4.01. The Labute approximate surface area is 118 Å². The lowest BCUT2D eigenvalue weighted by molar-refractivity contribution is -0.143. The van der Waals surface area contributed by atoms with Crippen LogP contribution in [0, 0.1) is 12.8 Å². The zero-order chi connectivity index (χ0) is 14.9. The van der Waals surface area contributed by atoms with Crippen LogP contribution in [0.5, 0.6) is 0 Å². The van der Waals surface area contributed by atoms with Gasteiger partial charge in [0, 0.05) is 23.8 Å². The summed E-state index contributed by atoms with van der Waals surface area (Å²) >= 11 is 0. The summed E-state index contributed by atoms with van der Waals surface area (Å²) in [6.07, 6.45) is 1.01. The molecule has 1 aromatic rings. The monoisotopic (exact) mass is 276 g/mol. The van der Waals surface area contributed by atoms with Crippen molar-refractivity contribution in [1.29, 1.82) is 0 Å². The fourth-order valence-electron chi connectivity index (χ4n) is 2.64. The molecule has 2 atom stereocenters. The fraction of sp³-hybridized carbons (Fsp3) is 0.467. The molecule has 1 heterocycles. The van der Waals surface area contributed by atoms with E-state index in [1.165, 1.54) is 0 Å². The number of nitrogens with two attached hydrogens (primary N) is 1. The Kier molecular flexibility index (Phi) is 3.97. The molecule has 2 unspecified atom stereocenters. The normalized spacial score (nSPS) is 22.6. The molecule has 0 bridgehead atoms. The minimum Gasteiger partial charge on any atom is -0.481 e. The maximum atomic E-state index is 12.5. The average Bonchev–Trinajstić information content (AvgIpc) is 2.41. The number of amides is 1. The van der Waals surface area contributed by atoms with Gasteiger partial charge < -0.3 is 15.7 Å². The summed E-state index contributed by atoms with van der Waals surface area (Å²) in [7, 11) is 0. The van der Waals surface area contributed by atoms with Gasteiger partial charge in [0.2, 0.25) is 0 Å². The van der Waals surface area contributed by atoms with E-state index in [0.29, 0.717) is 30.6 Å². The van der Waals surface area contributed by atoms with Crippen molar-refractivity contribution in [3.63, 3.8) is 0 Å². The Morgan fingerprint density at radius 2 is 2.10 bits per heavy atom. The summed E-state index contributed by atoms with van der Waals surface area (Å²) in [4.78, 5) is 25.2. The lowest BCUT2D eigenvalue weighted by Gasteiger charge is -2.36. The van der Waals surface area contributed by atoms with Crippen LogP contribution in [-0.2, 0) is 4.79 Å². The Morgan fingerprint density at radius 1 is 1.40 bits per heavy atom. The number of likely N-dealkylation sites (tertiary alicyclic amines) is 1. The van der Waals surface area contributed by atoms with Gasteiger partial charge in [0.25, 0.3) is 5.91 Å². The van der Waals surface area contributed by atoms with Gasteiger partial charge in [-0.15, -0.1) is 0 Å². The number of rotatable bonds is 2. The first-order valence-corrected chi connectivity index (χ1v) is 6.80. The van der Waals surface area contributed by atoms with Crippen molar-refractivity contribution in [2.75, 3.05) is 12.3 Å². The quantitative estimate of drug-likeness (QED) is 0.808. The molecule has 0 spiro atoms. The van der Waals surface area contributed by atoms with Crippen LogP contribution in [-0.4, -0.2) is 34.5 Å². The molecule has 0 saturated carbocycles.